The van der Waals surface area contributed by atoms with E-state index in [0.717, 1.165) is 48.7 Å². The lowest BCUT2D eigenvalue weighted by atomic mass is 9.70. The van der Waals surface area contributed by atoms with Gasteiger partial charge in [-0.15, -0.1) is 0 Å². The molecule has 2 N–H and O–H groups in total. The molecule has 1 aliphatic carbocycles. The normalized spacial score (nSPS) is 18.8. The fourth-order valence-corrected chi connectivity index (χ4v) is 4.44. The molecule has 0 radical (unpaired) electrons. The number of ether oxygens (including phenoxy) is 1. The van der Waals surface area contributed by atoms with Gasteiger partial charge in [-0.05, 0) is 72.4 Å². The van der Waals surface area contributed by atoms with Crippen LogP contribution in [0.4, 0.5) is 20.2 Å². The first-order valence-corrected chi connectivity index (χ1v) is 12.1. The van der Waals surface area contributed by atoms with Crippen molar-refractivity contribution in [3.8, 4) is 5.75 Å². The minimum atomic E-state index is -3.20. The van der Waals surface area contributed by atoms with Gasteiger partial charge < -0.3 is 15.4 Å². The van der Waals surface area contributed by atoms with Gasteiger partial charge in [0, 0.05) is 36.6 Å². The molecule has 2 aromatic carbocycles. The minimum Gasteiger partial charge on any atom is -0.433 e. The van der Waals surface area contributed by atoms with Crippen molar-refractivity contribution in [2.45, 2.75) is 72.5 Å². The summed E-state index contributed by atoms with van der Waals surface area (Å²) in [4.78, 5) is 0. The van der Waals surface area contributed by atoms with Gasteiger partial charge in [-0.25, -0.2) is 0 Å². The molecule has 180 valence electrons. The Bertz CT molecular complexity index is 938. The summed E-state index contributed by atoms with van der Waals surface area (Å²) in [5, 5.41) is 6.88. The molecular formula is C28H38F2N2O. The van der Waals surface area contributed by atoms with Crippen molar-refractivity contribution in [2.75, 3.05) is 10.6 Å². The van der Waals surface area contributed by atoms with E-state index >= 15 is 0 Å². The van der Waals surface area contributed by atoms with Crippen LogP contribution in [-0.2, 0) is 13.0 Å². The summed E-state index contributed by atoms with van der Waals surface area (Å²) >= 11 is 0. The van der Waals surface area contributed by atoms with Crippen molar-refractivity contribution < 1.29 is 13.5 Å². The van der Waals surface area contributed by atoms with Gasteiger partial charge in [0.2, 0.25) is 0 Å². The summed E-state index contributed by atoms with van der Waals surface area (Å²) in [5.74, 6) is 2.26. The highest BCUT2D eigenvalue weighted by Gasteiger charge is 2.28. The Kier molecular flexibility index (Phi) is 8.39. The molecule has 5 heteroatoms. The van der Waals surface area contributed by atoms with E-state index in [1.807, 2.05) is 6.07 Å². The average molecular weight is 457 g/mol. The van der Waals surface area contributed by atoms with E-state index in [0.29, 0.717) is 12.5 Å². The standard InChI is InChI=1S/C28H38F2N2O/c1-6-8-23-16-26(32-21(4)20(3)15-22-12-11-19(22)2)14-13-24(23)18-31-25-9-7-10-27(17-25)33-28(5,29)30/h7,9-10,13-14,16-17,19-20,22,31-32H,4,6,8,11-12,15,18H2,1-3,5H3. The number of rotatable bonds is 12. The lowest BCUT2D eigenvalue weighted by Gasteiger charge is -2.36. The Morgan fingerprint density at radius 2 is 1.94 bits per heavy atom. The molecule has 1 fully saturated rings. The summed E-state index contributed by atoms with van der Waals surface area (Å²) in [5.41, 5.74) is 5.36. The Morgan fingerprint density at radius 1 is 1.15 bits per heavy atom. The molecule has 0 bridgehead atoms. The molecule has 0 aliphatic heterocycles. The van der Waals surface area contributed by atoms with Crippen LogP contribution in [-0.4, -0.2) is 6.11 Å². The summed E-state index contributed by atoms with van der Waals surface area (Å²) in [7, 11) is 0. The van der Waals surface area contributed by atoms with Gasteiger partial charge in [0.05, 0.1) is 0 Å². The van der Waals surface area contributed by atoms with Crippen LogP contribution in [0.1, 0.15) is 64.5 Å². The molecule has 3 atom stereocenters. The molecular weight excluding hydrogens is 418 g/mol. The number of hydrogen-bond acceptors (Lipinski definition) is 3. The predicted molar refractivity (Wildman–Crippen MR) is 134 cm³/mol. The van der Waals surface area contributed by atoms with Gasteiger partial charge in [-0.2, -0.15) is 8.78 Å². The first kappa shape index (κ1) is 25.1. The first-order valence-electron chi connectivity index (χ1n) is 12.1. The Hall–Kier alpha value is -2.56. The van der Waals surface area contributed by atoms with Crippen LogP contribution in [0.5, 0.6) is 5.75 Å². The van der Waals surface area contributed by atoms with E-state index < -0.39 is 6.11 Å². The quantitative estimate of drug-likeness (QED) is 0.337. The Morgan fingerprint density at radius 3 is 2.58 bits per heavy atom. The Labute approximate surface area is 197 Å². The number of halogens is 2. The second kappa shape index (κ2) is 11.0. The predicted octanol–water partition coefficient (Wildman–Crippen LogP) is 8.24. The van der Waals surface area contributed by atoms with E-state index in [1.54, 1.807) is 12.1 Å². The second-order valence-electron chi connectivity index (χ2n) is 9.63. The van der Waals surface area contributed by atoms with E-state index in [-0.39, 0.29) is 5.75 Å². The van der Waals surface area contributed by atoms with Crippen molar-refractivity contribution in [3.63, 3.8) is 0 Å². The van der Waals surface area contributed by atoms with Crippen molar-refractivity contribution in [2.24, 2.45) is 17.8 Å². The second-order valence-corrected chi connectivity index (χ2v) is 9.63. The monoisotopic (exact) mass is 456 g/mol. The summed E-state index contributed by atoms with van der Waals surface area (Å²) < 4.78 is 31.0. The van der Waals surface area contributed by atoms with Crippen LogP contribution in [0.15, 0.2) is 54.7 Å². The van der Waals surface area contributed by atoms with Gasteiger partial charge in [-0.3, -0.25) is 0 Å². The molecule has 33 heavy (non-hydrogen) atoms. The number of alkyl halides is 2. The number of aryl methyl sites for hydroxylation is 1. The maximum absolute atomic E-state index is 13.2. The van der Waals surface area contributed by atoms with E-state index in [1.165, 1.54) is 36.5 Å². The molecule has 0 saturated heterocycles. The summed E-state index contributed by atoms with van der Waals surface area (Å²) in [6.45, 7) is 12.4. The number of hydrogen-bond donors (Lipinski definition) is 2. The number of allylic oxidation sites excluding steroid dienone is 1. The summed E-state index contributed by atoms with van der Waals surface area (Å²) in [6, 6.07) is 13.1. The number of nitrogens with one attached hydrogen (secondary N) is 2. The smallest absolute Gasteiger partial charge is 0.394 e. The fourth-order valence-electron chi connectivity index (χ4n) is 4.44. The van der Waals surface area contributed by atoms with Gasteiger partial charge >= 0.3 is 6.11 Å². The van der Waals surface area contributed by atoms with Gasteiger partial charge in [0.15, 0.2) is 0 Å². The molecule has 2 aromatic rings. The van der Waals surface area contributed by atoms with E-state index in [4.69, 9.17) is 0 Å². The minimum absolute atomic E-state index is 0.143. The van der Waals surface area contributed by atoms with E-state index in [2.05, 4.69) is 60.9 Å². The fraction of sp³-hybridized carbons (Fsp3) is 0.500. The molecule has 0 amide bonds. The third kappa shape index (κ3) is 7.48. The first-order chi connectivity index (χ1) is 15.6. The Balaban J connectivity index is 1.62. The zero-order valence-electron chi connectivity index (χ0n) is 20.4. The average Bonchev–Trinajstić information content (AvgIpc) is 2.75. The van der Waals surface area contributed by atoms with Crippen molar-refractivity contribution in [1.82, 2.24) is 0 Å². The molecule has 0 spiro atoms. The molecule has 0 heterocycles. The largest absolute Gasteiger partial charge is 0.433 e. The van der Waals surface area contributed by atoms with Gasteiger partial charge in [0.25, 0.3) is 0 Å². The highest BCUT2D eigenvalue weighted by Crippen LogP contribution is 2.39. The molecule has 3 unspecified atom stereocenters. The zero-order chi connectivity index (χ0) is 24.0. The van der Waals surface area contributed by atoms with Gasteiger partial charge in [0.1, 0.15) is 5.75 Å². The lowest BCUT2D eigenvalue weighted by molar-refractivity contribution is -0.158. The van der Waals surface area contributed by atoms with Gasteiger partial charge in [-0.1, -0.05) is 52.3 Å². The maximum atomic E-state index is 13.2. The number of anilines is 2. The molecule has 1 aliphatic rings. The molecule has 3 rings (SSSR count). The third-order valence-electron chi connectivity index (χ3n) is 6.69. The van der Waals surface area contributed by atoms with Crippen LogP contribution in [0.25, 0.3) is 0 Å². The maximum Gasteiger partial charge on any atom is 0.394 e. The molecule has 0 aromatic heterocycles. The molecule has 3 nitrogen and oxygen atoms in total. The van der Waals surface area contributed by atoms with Crippen molar-refractivity contribution in [1.29, 1.82) is 0 Å². The van der Waals surface area contributed by atoms with Crippen molar-refractivity contribution >= 4 is 11.4 Å². The molecule has 1 saturated carbocycles. The SMILES string of the molecule is C=C(Nc1ccc(CNc2cccc(OC(C)(F)F)c2)c(CCC)c1)C(C)CC1CCC1C. The zero-order valence-corrected chi connectivity index (χ0v) is 20.4. The van der Waals surface area contributed by atoms with Crippen LogP contribution >= 0.6 is 0 Å². The van der Waals surface area contributed by atoms with Crippen LogP contribution in [0, 0.1) is 17.8 Å². The van der Waals surface area contributed by atoms with Crippen LogP contribution < -0.4 is 15.4 Å². The topological polar surface area (TPSA) is 33.3 Å². The van der Waals surface area contributed by atoms with E-state index in [9.17, 15) is 8.78 Å². The van der Waals surface area contributed by atoms with Crippen LogP contribution in [0.3, 0.4) is 0 Å². The van der Waals surface area contributed by atoms with Crippen molar-refractivity contribution in [3.05, 3.63) is 65.9 Å². The third-order valence-corrected chi connectivity index (χ3v) is 6.69. The lowest BCUT2D eigenvalue weighted by Crippen LogP contribution is -2.26. The van der Waals surface area contributed by atoms with Crippen LogP contribution in [0.2, 0.25) is 0 Å². The highest BCUT2D eigenvalue weighted by molar-refractivity contribution is 5.54. The highest BCUT2D eigenvalue weighted by atomic mass is 19.3. The summed E-state index contributed by atoms with van der Waals surface area (Å²) in [6.07, 6.45) is 2.71. The number of benzene rings is 2.